The topological polar surface area (TPSA) is 34.1 Å². The summed E-state index contributed by atoms with van der Waals surface area (Å²) in [5.41, 5.74) is 0.385. The molecule has 2 spiro atoms. The van der Waals surface area contributed by atoms with Crippen molar-refractivity contribution >= 4 is 11.6 Å². The fourth-order valence-corrected chi connectivity index (χ4v) is 5.50. The van der Waals surface area contributed by atoms with Crippen LogP contribution in [0.4, 0.5) is 0 Å². The van der Waals surface area contributed by atoms with Crippen molar-refractivity contribution in [2.24, 2.45) is 10.8 Å². The third-order valence-corrected chi connectivity index (χ3v) is 6.92. The molecule has 0 radical (unpaired) electrons. The van der Waals surface area contributed by atoms with E-state index in [9.17, 15) is 9.59 Å². The lowest BCUT2D eigenvalue weighted by Crippen LogP contribution is -2.28. The fourth-order valence-electron chi connectivity index (χ4n) is 5.50. The van der Waals surface area contributed by atoms with Crippen molar-refractivity contribution in [1.82, 2.24) is 0 Å². The standard InChI is InChI=1S/2C10H16O/c2*11-9-5-4-8-10(9)6-2-1-3-7-10/h2*1-8H2. The average Bonchev–Trinajstić information content (AvgIpc) is 3.07. The van der Waals surface area contributed by atoms with Crippen LogP contribution >= 0.6 is 0 Å². The van der Waals surface area contributed by atoms with Gasteiger partial charge in [-0.25, -0.2) is 0 Å². The van der Waals surface area contributed by atoms with Gasteiger partial charge in [0.15, 0.2) is 0 Å². The van der Waals surface area contributed by atoms with Gasteiger partial charge in [0.2, 0.25) is 0 Å². The maximum atomic E-state index is 11.6. The largest absolute Gasteiger partial charge is 0.299 e. The van der Waals surface area contributed by atoms with Gasteiger partial charge < -0.3 is 0 Å². The Morgan fingerprint density at radius 2 is 0.773 bits per heavy atom. The van der Waals surface area contributed by atoms with Crippen molar-refractivity contribution in [2.75, 3.05) is 0 Å². The molecule has 0 amide bonds. The predicted molar refractivity (Wildman–Crippen MR) is 88.8 cm³/mol. The second-order valence-electron chi connectivity index (χ2n) is 8.24. The molecule has 0 unspecified atom stereocenters. The molecule has 0 bridgehead atoms. The normalized spacial score (nSPS) is 29.6. The van der Waals surface area contributed by atoms with Gasteiger partial charge in [-0.15, -0.1) is 0 Å². The van der Waals surface area contributed by atoms with Crippen LogP contribution in [0.25, 0.3) is 0 Å². The summed E-state index contributed by atoms with van der Waals surface area (Å²) in [6.07, 6.45) is 19.2. The van der Waals surface area contributed by atoms with E-state index in [0.717, 1.165) is 12.8 Å². The molecule has 0 aromatic rings. The number of hydrogen-bond acceptors (Lipinski definition) is 2. The zero-order valence-electron chi connectivity index (χ0n) is 14.1. The highest BCUT2D eigenvalue weighted by molar-refractivity contribution is 5.87. The molecule has 2 heteroatoms. The molecule has 4 aliphatic carbocycles. The Bertz CT molecular complexity index is 371. The number of carbonyl (C=O) groups excluding carboxylic acids is 2. The molecule has 0 aromatic heterocycles. The molecule has 0 N–H and O–H groups in total. The van der Waals surface area contributed by atoms with Gasteiger partial charge >= 0.3 is 0 Å². The van der Waals surface area contributed by atoms with Crippen LogP contribution in [0.1, 0.15) is 103 Å². The maximum Gasteiger partial charge on any atom is 0.139 e. The number of ketones is 2. The molecule has 2 nitrogen and oxygen atoms in total. The van der Waals surface area contributed by atoms with Crippen LogP contribution in [0, 0.1) is 10.8 Å². The number of rotatable bonds is 0. The SMILES string of the molecule is O=C1CCCC12CCCCC2.O=C1CCCC12CCCCC2. The molecule has 0 atom stereocenters. The fraction of sp³-hybridized carbons (Fsp3) is 0.900. The van der Waals surface area contributed by atoms with Crippen LogP contribution in [0.3, 0.4) is 0 Å². The van der Waals surface area contributed by atoms with Gasteiger partial charge in [0.1, 0.15) is 11.6 Å². The molecular formula is C20H32O2. The summed E-state index contributed by atoms with van der Waals surface area (Å²) < 4.78 is 0. The lowest BCUT2D eigenvalue weighted by atomic mass is 9.72. The molecule has 4 aliphatic rings. The van der Waals surface area contributed by atoms with Gasteiger partial charge in [0.25, 0.3) is 0 Å². The molecule has 22 heavy (non-hydrogen) atoms. The number of Topliss-reactive ketones (excluding diaryl/α,β-unsaturated/α-hetero) is 2. The van der Waals surface area contributed by atoms with E-state index in [-0.39, 0.29) is 10.8 Å². The first-order chi connectivity index (χ1) is 10.7. The predicted octanol–water partition coefficient (Wildman–Crippen LogP) is 5.38. The second kappa shape index (κ2) is 6.84. The summed E-state index contributed by atoms with van der Waals surface area (Å²) in [4.78, 5) is 23.1. The van der Waals surface area contributed by atoms with Gasteiger partial charge in [-0.2, -0.15) is 0 Å². The van der Waals surface area contributed by atoms with Crippen LogP contribution in [-0.4, -0.2) is 11.6 Å². The molecule has 4 fully saturated rings. The maximum absolute atomic E-state index is 11.6. The van der Waals surface area contributed by atoms with Crippen molar-refractivity contribution in [1.29, 1.82) is 0 Å². The summed E-state index contributed by atoms with van der Waals surface area (Å²) >= 11 is 0. The van der Waals surface area contributed by atoms with E-state index >= 15 is 0 Å². The number of carbonyl (C=O) groups is 2. The van der Waals surface area contributed by atoms with Gasteiger partial charge in [-0.1, -0.05) is 38.5 Å². The molecule has 0 aliphatic heterocycles. The monoisotopic (exact) mass is 304 g/mol. The Kier molecular flexibility index (Phi) is 5.04. The molecule has 0 aromatic carbocycles. The minimum absolute atomic E-state index is 0.193. The van der Waals surface area contributed by atoms with E-state index in [1.807, 2.05) is 0 Å². The van der Waals surface area contributed by atoms with Crippen molar-refractivity contribution in [2.45, 2.75) is 103 Å². The Labute approximate surface area is 135 Å². The molecule has 0 saturated heterocycles. The van der Waals surface area contributed by atoms with Gasteiger partial charge in [-0.3, -0.25) is 9.59 Å². The Balaban J connectivity index is 0.000000131. The highest BCUT2D eigenvalue weighted by Crippen LogP contribution is 2.47. The summed E-state index contributed by atoms with van der Waals surface area (Å²) in [6, 6.07) is 0. The van der Waals surface area contributed by atoms with Crippen LogP contribution in [0.5, 0.6) is 0 Å². The van der Waals surface area contributed by atoms with E-state index in [2.05, 4.69) is 0 Å². The van der Waals surface area contributed by atoms with Crippen molar-refractivity contribution in [3.8, 4) is 0 Å². The summed E-state index contributed by atoms with van der Waals surface area (Å²) in [5, 5.41) is 0. The zero-order valence-corrected chi connectivity index (χ0v) is 14.1. The summed E-state index contributed by atoms with van der Waals surface area (Å²) in [5.74, 6) is 1.16. The number of hydrogen-bond donors (Lipinski definition) is 0. The third kappa shape index (κ3) is 3.16. The summed E-state index contributed by atoms with van der Waals surface area (Å²) in [7, 11) is 0. The molecule has 4 saturated carbocycles. The van der Waals surface area contributed by atoms with Crippen LogP contribution in [0.15, 0.2) is 0 Å². The van der Waals surface area contributed by atoms with Crippen LogP contribution in [0.2, 0.25) is 0 Å². The van der Waals surface area contributed by atoms with Crippen molar-refractivity contribution in [3.05, 3.63) is 0 Å². The van der Waals surface area contributed by atoms with E-state index in [4.69, 9.17) is 0 Å². The van der Waals surface area contributed by atoms with E-state index in [0.29, 0.717) is 11.6 Å². The lowest BCUT2D eigenvalue weighted by molar-refractivity contribution is -0.128. The Morgan fingerprint density at radius 3 is 1.05 bits per heavy atom. The van der Waals surface area contributed by atoms with Gasteiger partial charge in [0.05, 0.1) is 0 Å². The summed E-state index contributed by atoms with van der Waals surface area (Å²) in [6.45, 7) is 0. The lowest BCUT2D eigenvalue weighted by Gasteiger charge is -2.31. The van der Waals surface area contributed by atoms with Crippen molar-refractivity contribution < 1.29 is 9.59 Å². The highest BCUT2D eigenvalue weighted by Gasteiger charge is 2.42. The third-order valence-electron chi connectivity index (χ3n) is 6.92. The van der Waals surface area contributed by atoms with E-state index < -0.39 is 0 Å². The molecule has 4 rings (SSSR count). The minimum Gasteiger partial charge on any atom is -0.299 e. The molecular weight excluding hydrogens is 272 g/mol. The van der Waals surface area contributed by atoms with E-state index in [1.54, 1.807) is 0 Å². The van der Waals surface area contributed by atoms with Gasteiger partial charge in [0, 0.05) is 23.7 Å². The second-order valence-corrected chi connectivity index (χ2v) is 8.24. The highest BCUT2D eigenvalue weighted by atomic mass is 16.1. The first-order valence-electron chi connectivity index (χ1n) is 9.74. The minimum atomic E-state index is 0.193. The van der Waals surface area contributed by atoms with E-state index in [1.165, 1.54) is 89.9 Å². The first kappa shape index (κ1) is 16.2. The first-order valence-corrected chi connectivity index (χ1v) is 9.74. The van der Waals surface area contributed by atoms with Crippen LogP contribution in [-0.2, 0) is 9.59 Å². The van der Waals surface area contributed by atoms with Gasteiger partial charge in [-0.05, 0) is 51.4 Å². The van der Waals surface area contributed by atoms with Crippen molar-refractivity contribution in [3.63, 3.8) is 0 Å². The Hall–Kier alpha value is -0.660. The Morgan fingerprint density at radius 1 is 0.455 bits per heavy atom. The molecule has 0 heterocycles. The van der Waals surface area contributed by atoms with Crippen LogP contribution < -0.4 is 0 Å². The smallest absolute Gasteiger partial charge is 0.139 e. The zero-order chi connectivity index (χ0) is 15.5. The average molecular weight is 304 g/mol. The molecule has 124 valence electrons. The quantitative estimate of drug-likeness (QED) is 0.602.